The lowest BCUT2D eigenvalue weighted by molar-refractivity contribution is 0.0160. The van der Waals surface area contributed by atoms with Crippen molar-refractivity contribution in [2.75, 3.05) is 13.2 Å². The maximum absolute atomic E-state index is 5.87. The van der Waals surface area contributed by atoms with Crippen LogP contribution in [0.25, 0.3) is 22.3 Å². The molecule has 1 atom stereocenters. The van der Waals surface area contributed by atoms with Gasteiger partial charge < -0.3 is 14.0 Å². The van der Waals surface area contributed by atoms with Crippen molar-refractivity contribution in [1.82, 2.24) is 24.3 Å². The van der Waals surface area contributed by atoms with Crippen LogP contribution in [0.3, 0.4) is 0 Å². The first-order chi connectivity index (χ1) is 12.9. The van der Waals surface area contributed by atoms with Crippen LogP contribution >= 0.6 is 0 Å². The van der Waals surface area contributed by atoms with E-state index in [1.807, 2.05) is 47.8 Å². The number of fused-ring (bicyclic) bond motifs is 1. The van der Waals surface area contributed by atoms with Gasteiger partial charge in [0, 0.05) is 44.6 Å². The maximum Gasteiger partial charge on any atom is 0.147 e. The van der Waals surface area contributed by atoms with Gasteiger partial charge in [0.1, 0.15) is 24.9 Å². The molecule has 0 spiro atoms. The van der Waals surface area contributed by atoms with E-state index in [2.05, 4.69) is 34.7 Å². The number of hydrogen-bond acceptors (Lipinski definition) is 5. The van der Waals surface area contributed by atoms with E-state index in [1.54, 1.807) is 6.33 Å². The number of hydrogen-bond donors (Lipinski definition) is 0. The van der Waals surface area contributed by atoms with Crippen molar-refractivity contribution in [3.8, 4) is 11.3 Å². The fraction of sp³-hybridized carbons (Fsp3) is 0.526. The Bertz CT molecular complexity index is 884. The van der Waals surface area contributed by atoms with Crippen molar-refractivity contribution in [2.45, 2.75) is 52.5 Å². The Balaban J connectivity index is 1.77. The Kier molecular flexibility index (Phi) is 6.08. The largest absolute Gasteiger partial charge is 0.361 e. The first kappa shape index (κ1) is 19.7. The smallest absolute Gasteiger partial charge is 0.147 e. The quantitative estimate of drug-likeness (QED) is 0.407. The lowest BCUT2D eigenvalue weighted by Gasteiger charge is -2.15. The van der Waals surface area contributed by atoms with Gasteiger partial charge in [0.15, 0.2) is 0 Å². The molecule has 0 fully saturated rings. The molecule has 8 heteroatoms. The molecule has 3 aromatic rings. The summed E-state index contributed by atoms with van der Waals surface area (Å²) in [6.45, 7) is 13.0. The molecule has 1 unspecified atom stereocenters. The summed E-state index contributed by atoms with van der Waals surface area (Å²) in [5.74, 6) is 0. The lowest BCUT2D eigenvalue weighted by Crippen LogP contribution is -2.22. The molecule has 0 aromatic carbocycles. The molecule has 0 saturated carbocycles. The van der Waals surface area contributed by atoms with E-state index in [1.165, 1.54) is 0 Å². The molecule has 27 heavy (non-hydrogen) atoms. The van der Waals surface area contributed by atoms with Crippen LogP contribution in [-0.4, -0.2) is 45.6 Å². The van der Waals surface area contributed by atoms with Gasteiger partial charge in [0.2, 0.25) is 0 Å². The Morgan fingerprint density at radius 1 is 1.22 bits per heavy atom. The molecule has 0 aliphatic heterocycles. The minimum atomic E-state index is -1.08. The van der Waals surface area contributed by atoms with Gasteiger partial charge >= 0.3 is 0 Å². The monoisotopic (exact) mass is 387 g/mol. The summed E-state index contributed by atoms with van der Waals surface area (Å²) in [5, 5.41) is 5.41. The van der Waals surface area contributed by atoms with E-state index in [-0.39, 0.29) is 6.23 Å². The average molecular weight is 388 g/mol. The number of rotatable bonds is 9. The van der Waals surface area contributed by atoms with Crippen LogP contribution < -0.4 is 0 Å². The fourth-order valence-corrected chi connectivity index (χ4v) is 3.61. The molecule has 0 saturated heterocycles. The highest BCUT2D eigenvalue weighted by atomic mass is 28.3. The van der Waals surface area contributed by atoms with Crippen LogP contribution in [0.15, 0.2) is 31.0 Å². The van der Waals surface area contributed by atoms with E-state index in [9.17, 15) is 0 Å². The topological polar surface area (TPSA) is 67.0 Å². The summed E-state index contributed by atoms with van der Waals surface area (Å²) in [6, 6.07) is 3.19. The Hall–Kier alpha value is -2.03. The third kappa shape index (κ3) is 4.82. The van der Waals surface area contributed by atoms with Crippen molar-refractivity contribution in [1.29, 1.82) is 0 Å². The number of ether oxygens (including phenoxy) is 2. The average Bonchev–Trinajstić information content (AvgIpc) is 3.25. The van der Waals surface area contributed by atoms with Crippen molar-refractivity contribution in [3.05, 3.63) is 31.0 Å². The second-order valence-electron chi connectivity index (χ2n) is 7.86. The Morgan fingerprint density at radius 3 is 2.78 bits per heavy atom. The molecular weight excluding hydrogens is 358 g/mol. The van der Waals surface area contributed by atoms with Crippen LogP contribution in [0.4, 0.5) is 0 Å². The van der Waals surface area contributed by atoms with Gasteiger partial charge in [-0.1, -0.05) is 19.6 Å². The molecule has 146 valence electrons. The molecular formula is C19H29N5O2Si. The molecule has 0 amide bonds. The SMILES string of the molecule is CCOC(C)n1cc(-c2ncnc3c2ccn3COCC[Si](C)(C)C)cn1. The van der Waals surface area contributed by atoms with Crippen LogP contribution in [-0.2, 0) is 16.2 Å². The minimum absolute atomic E-state index is 0.106. The van der Waals surface area contributed by atoms with Gasteiger partial charge in [-0.25, -0.2) is 14.6 Å². The summed E-state index contributed by atoms with van der Waals surface area (Å²) in [5.41, 5.74) is 2.70. The third-order valence-corrected chi connectivity index (χ3v) is 6.14. The third-order valence-electron chi connectivity index (χ3n) is 4.44. The predicted octanol–water partition coefficient (Wildman–Crippen LogP) is 4.16. The van der Waals surface area contributed by atoms with Crippen molar-refractivity contribution < 1.29 is 9.47 Å². The highest BCUT2D eigenvalue weighted by Crippen LogP contribution is 2.26. The van der Waals surface area contributed by atoms with Gasteiger partial charge in [-0.15, -0.1) is 0 Å². The highest BCUT2D eigenvalue weighted by Gasteiger charge is 2.15. The lowest BCUT2D eigenvalue weighted by atomic mass is 10.2. The molecule has 3 aromatic heterocycles. The van der Waals surface area contributed by atoms with Crippen LogP contribution in [0, 0.1) is 0 Å². The first-order valence-electron chi connectivity index (χ1n) is 9.43. The molecule has 7 nitrogen and oxygen atoms in total. The first-order valence-corrected chi connectivity index (χ1v) is 13.1. The van der Waals surface area contributed by atoms with Crippen molar-refractivity contribution >= 4 is 19.1 Å². The van der Waals surface area contributed by atoms with Gasteiger partial charge in [0.25, 0.3) is 0 Å². The maximum atomic E-state index is 5.87. The Labute approximate surface area is 161 Å². The standard InChI is InChI=1S/C19H29N5O2Si/c1-6-26-15(2)24-12-16(11-22-24)18-17-7-8-23(19(17)21-13-20-18)14-25-9-10-27(3,4)5/h7-8,11-13,15H,6,9-10,14H2,1-5H3. The van der Waals surface area contributed by atoms with E-state index in [0.29, 0.717) is 13.3 Å². The van der Waals surface area contributed by atoms with Gasteiger partial charge in [0.05, 0.1) is 11.9 Å². The second-order valence-corrected chi connectivity index (χ2v) is 13.5. The molecule has 0 aliphatic carbocycles. The summed E-state index contributed by atoms with van der Waals surface area (Å²) < 4.78 is 15.3. The van der Waals surface area contributed by atoms with Gasteiger partial charge in [-0.2, -0.15) is 5.10 Å². The van der Waals surface area contributed by atoms with Gasteiger partial charge in [-0.05, 0) is 26.0 Å². The van der Waals surface area contributed by atoms with E-state index in [0.717, 1.165) is 34.9 Å². The number of aromatic nitrogens is 5. The van der Waals surface area contributed by atoms with Gasteiger partial charge in [-0.3, -0.25) is 0 Å². The normalized spacial score (nSPS) is 13.4. The zero-order valence-corrected chi connectivity index (χ0v) is 17.8. The van der Waals surface area contributed by atoms with Crippen LogP contribution in [0.5, 0.6) is 0 Å². The van der Waals surface area contributed by atoms with Crippen molar-refractivity contribution in [3.63, 3.8) is 0 Å². The minimum Gasteiger partial charge on any atom is -0.361 e. The van der Waals surface area contributed by atoms with E-state index < -0.39 is 8.07 Å². The van der Waals surface area contributed by atoms with Crippen LogP contribution in [0.2, 0.25) is 25.7 Å². The Morgan fingerprint density at radius 2 is 2.04 bits per heavy atom. The predicted molar refractivity (Wildman–Crippen MR) is 109 cm³/mol. The molecule has 0 bridgehead atoms. The summed E-state index contributed by atoms with van der Waals surface area (Å²) in [4.78, 5) is 8.94. The zero-order valence-electron chi connectivity index (χ0n) is 16.8. The molecule has 3 rings (SSSR count). The molecule has 3 heterocycles. The van der Waals surface area contributed by atoms with E-state index in [4.69, 9.17) is 9.47 Å². The summed E-state index contributed by atoms with van der Waals surface area (Å²) in [6.07, 6.45) is 7.28. The second kappa shape index (κ2) is 8.33. The summed E-state index contributed by atoms with van der Waals surface area (Å²) >= 11 is 0. The van der Waals surface area contributed by atoms with E-state index >= 15 is 0 Å². The zero-order chi connectivity index (χ0) is 19.4. The van der Waals surface area contributed by atoms with Crippen LogP contribution in [0.1, 0.15) is 20.1 Å². The summed E-state index contributed by atoms with van der Waals surface area (Å²) in [7, 11) is -1.08. The number of nitrogens with zero attached hydrogens (tertiary/aromatic N) is 5. The fourth-order valence-electron chi connectivity index (χ4n) is 2.86. The highest BCUT2D eigenvalue weighted by molar-refractivity contribution is 6.76. The van der Waals surface area contributed by atoms with Crippen molar-refractivity contribution in [2.24, 2.45) is 0 Å². The molecule has 0 aliphatic rings. The molecule has 0 N–H and O–H groups in total. The molecule has 0 radical (unpaired) electrons.